The second kappa shape index (κ2) is 6.55. The van der Waals surface area contributed by atoms with E-state index in [4.69, 9.17) is 0 Å². The number of carbonyl (C=O) groups excluding carboxylic acids is 1. The molecule has 0 spiro atoms. The largest absolute Gasteiger partial charge is 0.341 e. The highest BCUT2D eigenvalue weighted by molar-refractivity contribution is 7.91. The van der Waals surface area contributed by atoms with Crippen LogP contribution in [0, 0.1) is 5.92 Å². The number of unbranched alkanes of at least 4 members (excludes halogenated alkanes) is 1. The summed E-state index contributed by atoms with van der Waals surface area (Å²) in [5.41, 5.74) is 0. The zero-order valence-electron chi connectivity index (χ0n) is 11.7. The van der Waals surface area contributed by atoms with Crippen LogP contribution in [0.2, 0.25) is 0 Å². The molecule has 4 nitrogen and oxygen atoms in total. The fourth-order valence-corrected chi connectivity index (χ4v) is 3.47. The molecule has 106 valence electrons. The summed E-state index contributed by atoms with van der Waals surface area (Å²) in [5.74, 6) is 0.223. The Morgan fingerprint density at radius 3 is 2.50 bits per heavy atom. The van der Waals surface area contributed by atoms with E-state index in [1.807, 2.05) is 6.92 Å². The SMILES string of the molecule is CCCCC(CC)C(=O)N1CCC(S(C)(=O)=O)C1. The molecule has 0 aromatic heterocycles. The predicted molar refractivity (Wildman–Crippen MR) is 73.1 cm³/mol. The first-order chi connectivity index (χ1) is 8.40. The number of hydrogen-bond acceptors (Lipinski definition) is 3. The van der Waals surface area contributed by atoms with Crippen molar-refractivity contribution in [1.82, 2.24) is 4.90 Å². The maximum atomic E-state index is 12.3. The Morgan fingerprint density at radius 1 is 1.39 bits per heavy atom. The Balaban J connectivity index is 2.58. The van der Waals surface area contributed by atoms with Gasteiger partial charge in [0.05, 0.1) is 5.25 Å². The summed E-state index contributed by atoms with van der Waals surface area (Å²) >= 11 is 0. The molecular weight excluding hydrogens is 250 g/mol. The van der Waals surface area contributed by atoms with Gasteiger partial charge in [-0.3, -0.25) is 4.79 Å². The molecule has 0 aromatic carbocycles. The Bertz CT molecular complexity index is 378. The van der Waals surface area contributed by atoms with Crippen LogP contribution in [-0.4, -0.2) is 43.8 Å². The van der Waals surface area contributed by atoms with Crippen molar-refractivity contribution in [3.8, 4) is 0 Å². The third-order valence-electron chi connectivity index (χ3n) is 3.81. The Kier molecular flexibility index (Phi) is 5.63. The van der Waals surface area contributed by atoms with Crippen LogP contribution in [0.4, 0.5) is 0 Å². The highest BCUT2D eigenvalue weighted by Crippen LogP contribution is 2.22. The minimum absolute atomic E-state index is 0.0725. The molecule has 2 atom stereocenters. The van der Waals surface area contributed by atoms with Crippen LogP contribution in [-0.2, 0) is 14.6 Å². The topological polar surface area (TPSA) is 54.5 Å². The van der Waals surface area contributed by atoms with E-state index in [0.717, 1.165) is 25.7 Å². The van der Waals surface area contributed by atoms with Gasteiger partial charge in [-0.25, -0.2) is 8.42 Å². The van der Waals surface area contributed by atoms with Crippen LogP contribution >= 0.6 is 0 Å². The molecule has 1 heterocycles. The lowest BCUT2D eigenvalue weighted by Gasteiger charge is -2.22. The minimum Gasteiger partial charge on any atom is -0.341 e. The fourth-order valence-electron chi connectivity index (χ4n) is 2.49. The van der Waals surface area contributed by atoms with Crippen molar-refractivity contribution in [2.45, 2.75) is 51.2 Å². The number of nitrogens with zero attached hydrogens (tertiary/aromatic N) is 1. The first-order valence-electron chi connectivity index (χ1n) is 6.87. The normalized spacial score (nSPS) is 22.2. The van der Waals surface area contributed by atoms with Gasteiger partial charge in [0, 0.05) is 25.3 Å². The molecule has 0 aliphatic carbocycles. The van der Waals surface area contributed by atoms with Crippen molar-refractivity contribution in [2.75, 3.05) is 19.3 Å². The summed E-state index contributed by atoms with van der Waals surface area (Å²) < 4.78 is 23.0. The Morgan fingerprint density at radius 2 is 2.06 bits per heavy atom. The third-order valence-corrected chi connectivity index (χ3v) is 5.41. The monoisotopic (exact) mass is 275 g/mol. The average Bonchev–Trinajstić information content (AvgIpc) is 2.78. The van der Waals surface area contributed by atoms with Crippen LogP contribution in [0.15, 0.2) is 0 Å². The molecule has 18 heavy (non-hydrogen) atoms. The van der Waals surface area contributed by atoms with Gasteiger partial charge in [-0.2, -0.15) is 0 Å². The molecule has 1 saturated heterocycles. The zero-order chi connectivity index (χ0) is 13.8. The zero-order valence-corrected chi connectivity index (χ0v) is 12.5. The van der Waals surface area contributed by atoms with Crippen molar-refractivity contribution >= 4 is 15.7 Å². The first kappa shape index (κ1) is 15.5. The lowest BCUT2D eigenvalue weighted by molar-refractivity contribution is -0.134. The fraction of sp³-hybridized carbons (Fsp3) is 0.923. The van der Waals surface area contributed by atoms with Crippen LogP contribution in [0.3, 0.4) is 0 Å². The maximum Gasteiger partial charge on any atom is 0.225 e. The maximum absolute atomic E-state index is 12.3. The summed E-state index contributed by atoms with van der Waals surface area (Å²) in [6.07, 6.45) is 5.78. The number of rotatable bonds is 6. The summed E-state index contributed by atoms with van der Waals surface area (Å²) in [6, 6.07) is 0. The Hall–Kier alpha value is -0.580. The van der Waals surface area contributed by atoms with Crippen molar-refractivity contribution in [2.24, 2.45) is 5.92 Å². The predicted octanol–water partition coefficient (Wildman–Crippen LogP) is 1.85. The third kappa shape index (κ3) is 3.97. The molecule has 1 fully saturated rings. The van der Waals surface area contributed by atoms with Gasteiger partial charge in [0.15, 0.2) is 9.84 Å². The number of sulfone groups is 1. The van der Waals surface area contributed by atoms with Gasteiger partial charge < -0.3 is 4.90 Å². The summed E-state index contributed by atoms with van der Waals surface area (Å²) in [5, 5.41) is -0.356. The molecule has 1 aliphatic heterocycles. The number of hydrogen-bond donors (Lipinski definition) is 0. The Labute approximate surface area is 111 Å². The molecule has 0 bridgehead atoms. The smallest absolute Gasteiger partial charge is 0.225 e. The average molecular weight is 275 g/mol. The first-order valence-corrected chi connectivity index (χ1v) is 8.83. The van der Waals surface area contributed by atoms with Crippen LogP contribution in [0.25, 0.3) is 0 Å². The van der Waals surface area contributed by atoms with Gasteiger partial charge in [-0.15, -0.1) is 0 Å². The van der Waals surface area contributed by atoms with E-state index in [-0.39, 0.29) is 17.1 Å². The van der Waals surface area contributed by atoms with Crippen molar-refractivity contribution < 1.29 is 13.2 Å². The van der Waals surface area contributed by atoms with E-state index in [1.54, 1.807) is 4.90 Å². The quantitative estimate of drug-likeness (QED) is 0.743. The minimum atomic E-state index is -3.01. The number of amides is 1. The molecule has 0 radical (unpaired) electrons. The highest BCUT2D eigenvalue weighted by Gasteiger charge is 2.34. The van der Waals surface area contributed by atoms with Crippen molar-refractivity contribution in [3.05, 3.63) is 0 Å². The second-order valence-corrected chi connectivity index (χ2v) is 7.60. The molecule has 2 unspecified atom stereocenters. The van der Waals surface area contributed by atoms with Crippen LogP contribution in [0.5, 0.6) is 0 Å². The van der Waals surface area contributed by atoms with Gasteiger partial charge in [0.25, 0.3) is 0 Å². The summed E-state index contributed by atoms with van der Waals surface area (Å²) in [7, 11) is -3.01. The summed E-state index contributed by atoms with van der Waals surface area (Å²) in [6.45, 7) is 5.13. The molecular formula is C13H25NO3S. The van der Waals surface area contributed by atoms with Gasteiger partial charge in [0.2, 0.25) is 5.91 Å². The van der Waals surface area contributed by atoms with E-state index in [2.05, 4.69) is 6.92 Å². The van der Waals surface area contributed by atoms with Crippen molar-refractivity contribution in [3.63, 3.8) is 0 Å². The van der Waals surface area contributed by atoms with E-state index in [9.17, 15) is 13.2 Å². The van der Waals surface area contributed by atoms with Crippen LogP contribution < -0.4 is 0 Å². The van der Waals surface area contributed by atoms with Gasteiger partial charge in [-0.1, -0.05) is 26.7 Å². The van der Waals surface area contributed by atoms with Crippen LogP contribution in [0.1, 0.15) is 46.0 Å². The molecule has 0 aromatic rings. The van der Waals surface area contributed by atoms with Gasteiger partial charge in [0.1, 0.15) is 0 Å². The lowest BCUT2D eigenvalue weighted by Crippen LogP contribution is -2.36. The van der Waals surface area contributed by atoms with E-state index in [1.165, 1.54) is 6.26 Å². The number of likely N-dealkylation sites (tertiary alicyclic amines) is 1. The summed E-state index contributed by atoms with van der Waals surface area (Å²) in [4.78, 5) is 14.0. The molecule has 1 rings (SSSR count). The molecule has 0 N–H and O–H groups in total. The number of carbonyl (C=O) groups is 1. The van der Waals surface area contributed by atoms with Gasteiger partial charge in [-0.05, 0) is 19.3 Å². The van der Waals surface area contributed by atoms with E-state index in [0.29, 0.717) is 19.5 Å². The lowest BCUT2D eigenvalue weighted by atomic mass is 9.98. The van der Waals surface area contributed by atoms with E-state index < -0.39 is 9.84 Å². The molecule has 0 saturated carbocycles. The molecule has 1 aliphatic rings. The van der Waals surface area contributed by atoms with E-state index >= 15 is 0 Å². The second-order valence-electron chi connectivity index (χ2n) is 5.27. The molecule has 1 amide bonds. The van der Waals surface area contributed by atoms with Gasteiger partial charge >= 0.3 is 0 Å². The molecule has 5 heteroatoms. The standard InChI is InChI=1S/C13H25NO3S/c1-4-6-7-11(5-2)13(15)14-9-8-12(10-14)18(3,16)17/h11-12H,4-10H2,1-3H3. The van der Waals surface area contributed by atoms with Crippen molar-refractivity contribution in [1.29, 1.82) is 0 Å². The highest BCUT2D eigenvalue weighted by atomic mass is 32.2.